The van der Waals surface area contributed by atoms with Gasteiger partial charge in [-0.25, -0.2) is 0 Å². The van der Waals surface area contributed by atoms with Crippen LogP contribution in [0.5, 0.6) is 0 Å². The molecule has 0 saturated carbocycles. The lowest BCUT2D eigenvalue weighted by Crippen LogP contribution is -2.36. The number of benzene rings is 1. The van der Waals surface area contributed by atoms with Gasteiger partial charge in [-0.2, -0.15) is 0 Å². The van der Waals surface area contributed by atoms with Crippen molar-refractivity contribution in [3.63, 3.8) is 0 Å². The van der Waals surface area contributed by atoms with Crippen molar-refractivity contribution in [2.75, 3.05) is 13.7 Å². The van der Waals surface area contributed by atoms with Gasteiger partial charge in [0.25, 0.3) is 0 Å². The summed E-state index contributed by atoms with van der Waals surface area (Å²) in [6.07, 6.45) is 0. The van der Waals surface area contributed by atoms with Gasteiger partial charge >= 0.3 is 5.97 Å². The van der Waals surface area contributed by atoms with Crippen LogP contribution in [0.3, 0.4) is 0 Å². The maximum absolute atomic E-state index is 11.0. The van der Waals surface area contributed by atoms with Crippen LogP contribution in [-0.2, 0) is 20.9 Å². The van der Waals surface area contributed by atoms with E-state index in [0.717, 1.165) is 5.56 Å². The molecule has 1 aromatic carbocycles. The van der Waals surface area contributed by atoms with E-state index < -0.39 is 18.6 Å². The van der Waals surface area contributed by atoms with Crippen LogP contribution in [0.4, 0.5) is 0 Å². The molecule has 0 fully saturated rings. The molecule has 1 unspecified atom stereocenters. The molecule has 4 heteroatoms. The molecular formula is C11H15NO3. The first kappa shape index (κ1) is 10.1. The lowest BCUT2D eigenvalue weighted by Gasteiger charge is -2.09. The highest BCUT2D eigenvalue weighted by molar-refractivity contribution is 5.75. The molecule has 0 aliphatic heterocycles. The Morgan fingerprint density at radius 3 is 2.80 bits per heavy atom. The standard InChI is InChI=1S/C11H15NO3/c1-14-11(13)10(12)8-15-7-9-5-3-2-4-6-9/h2-6,10H,7-8,12H2,1H3/t10-/m0/s1/i7D/t7?,10-. The van der Waals surface area contributed by atoms with Gasteiger partial charge < -0.3 is 15.2 Å². The van der Waals surface area contributed by atoms with Crippen LogP contribution in [0.1, 0.15) is 6.93 Å². The second-order valence-electron chi connectivity index (χ2n) is 2.99. The number of rotatable bonds is 5. The van der Waals surface area contributed by atoms with Gasteiger partial charge in [0, 0.05) is 0 Å². The second-order valence-corrected chi connectivity index (χ2v) is 2.99. The first-order valence-corrected chi connectivity index (χ1v) is 4.57. The van der Waals surface area contributed by atoms with Crippen molar-refractivity contribution in [3.8, 4) is 0 Å². The Morgan fingerprint density at radius 2 is 2.20 bits per heavy atom. The molecule has 0 heterocycles. The molecule has 0 radical (unpaired) electrons. The van der Waals surface area contributed by atoms with E-state index in [4.69, 9.17) is 11.8 Å². The number of hydrogen-bond donors (Lipinski definition) is 1. The van der Waals surface area contributed by atoms with E-state index >= 15 is 0 Å². The average Bonchev–Trinajstić information content (AvgIpc) is 2.35. The van der Waals surface area contributed by atoms with Crippen molar-refractivity contribution in [3.05, 3.63) is 35.9 Å². The smallest absolute Gasteiger partial charge is 0.325 e. The number of carbonyl (C=O) groups excluding carboxylic acids is 1. The SMILES string of the molecule is [2H]C(OC[C@H](N)C(=O)OC)c1ccccc1. The number of methoxy groups -OCH3 is 1. The Morgan fingerprint density at radius 1 is 1.53 bits per heavy atom. The maximum atomic E-state index is 11.0. The van der Waals surface area contributed by atoms with Gasteiger partial charge in [0.1, 0.15) is 6.04 Å². The predicted molar refractivity (Wildman–Crippen MR) is 56.1 cm³/mol. The Bertz CT molecular complexity index is 331. The van der Waals surface area contributed by atoms with Crippen molar-refractivity contribution < 1.29 is 15.6 Å². The second kappa shape index (κ2) is 6.16. The highest BCUT2D eigenvalue weighted by Crippen LogP contribution is 2.00. The topological polar surface area (TPSA) is 61.5 Å². The van der Waals surface area contributed by atoms with Crippen LogP contribution in [0, 0.1) is 0 Å². The molecule has 2 N–H and O–H groups in total. The van der Waals surface area contributed by atoms with E-state index in [9.17, 15) is 4.79 Å². The summed E-state index contributed by atoms with van der Waals surface area (Å²) in [5, 5.41) is 0. The summed E-state index contributed by atoms with van der Waals surface area (Å²) < 4.78 is 17.3. The number of nitrogens with two attached hydrogens (primary N) is 1. The molecule has 0 spiro atoms. The zero-order chi connectivity index (χ0) is 12.0. The van der Waals surface area contributed by atoms with Gasteiger partial charge in [0.05, 0.1) is 21.7 Å². The zero-order valence-electron chi connectivity index (χ0n) is 9.55. The van der Waals surface area contributed by atoms with Gasteiger partial charge in [0.15, 0.2) is 0 Å². The minimum Gasteiger partial charge on any atom is -0.468 e. The molecule has 0 amide bonds. The monoisotopic (exact) mass is 210 g/mol. The largest absolute Gasteiger partial charge is 0.468 e. The van der Waals surface area contributed by atoms with Crippen LogP contribution >= 0.6 is 0 Å². The normalized spacial score (nSPS) is 15.2. The van der Waals surface area contributed by atoms with Crippen LogP contribution in [0.2, 0.25) is 0 Å². The molecule has 0 aliphatic carbocycles. The maximum Gasteiger partial charge on any atom is 0.325 e. The molecule has 15 heavy (non-hydrogen) atoms. The number of hydrogen-bond acceptors (Lipinski definition) is 4. The summed E-state index contributed by atoms with van der Waals surface area (Å²) in [4.78, 5) is 11.0. The lowest BCUT2D eigenvalue weighted by atomic mass is 10.2. The summed E-state index contributed by atoms with van der Waals surface area (Å²) in [6.45, 7) is -0.868. The molecule has 0 saturated heterocycles. The molecule has 2 atom stereocenters. The highest BCUT2D eigenvalue weighted by atomic mass is 16.5. The van der Waals surface area contributed by atoms with Crippen LogP contribution in [-0.4, -0.2) is 25.7 Å². The van der Waals surface area contributed by atoms with Crippen molar-refractivity contribution in [2.45, 2.75) is 12.6 Å². The fraction of sp³-hybridized carbons (Fsp3) is 0.364. The van der Waals surface area contributed by atoms with E-state index in [1.165, 1.54) is 7.11 Å². The van der Waals surface area contributed by atoms with E-state index in [1.54, 1.807) is 12.1 Å². The summed E-state index contributed by atoms with van der Waals surface area (Å²) in [5.41, 5.74) is 6.19. The third kappa shape index (κ3) is 4.10. The van der Waals surface area contributed by atoms with Crippen molar-refractivity contribution in [1.82, 2.24) is 0 Å². The van der Waals surface area contributed by atoms with Crippen molar-refractivity contribution in [1.29, 1.82) is 0 Å². The third-order valence-electron chi connectivity index (χ3n) is 1.80. The first-order chi connectivity index (χ1) is 7.65. The molecule has 4 nitrogen and oxygen atoms in total. The lowest BCUT2D eigenvalue weighted by molar-refractivity contribution is -0.143. The molecule has 0 bridgehead atoms. The van der Waals surface area contributed by atoms with Gasteiger partial charge in [-0.15, -0.1) is 0 Å². The summed E-state index contributed by atoms with van der Waals surface area (Å²) >= 11 is 0. The van der Waals surface area contributed by atoms with Gasteiger partial charge in [-0.1, -0.05) is 30.3 Å². The van der Waals surface area contributed by atoms with E-state index in [-0.39, 0.29) is 6.61 Å². The van der Waals surface area contributed by atoms with E-state index in [0.29, 0.717) is 0 Å². The Balaban J connectivity index is 2.41. The summed E-state index contributed by atoms with van der Waals surface area (Å²) in [6, 6.07) is 8.21. The third-order valence-corrected chi connectivity index (χ3v) is 1.80. The van der Waals surface area contributed by atoms with Crippen molar-refractivity contribution >= 4 is 5.97 Å². The Hall–Kier alpha value is -1.39. The van der Waals surface area contributed by atoms with Crippen LogP contribution in [0.25, 0.3) is 0 Å². The number of esters is 1. The van der Waals surface area contributed by atoms with E-state index in [1.807, 2.05) is 18.2 Å². The average molecular weight is 210 g/mol. The van der Waals surface area contributed by atoms with Gasteiger partial charge in [-0.05, 0) is 5.56 Å². The number of carbonyl (C=O) groups is 1. The van der Waals surface area contributed by atoms with E-state index in [2.05, 4.69) is 4.74 Å². The summed E-state index contributed by atoms with van der Waals surface area (Å²) in [7, 11) is 1.26. The molecule has 0 aromatic heterocycles. The summed E-state index contributed by atoms with van der Waals surface area (Å²) in [5.74, 6) is -0.541. The molecule has 1 aromatic rings. The minimum absolute atomic E-state index is 0.0320. The zero-order valence-corrected chi connectivity index (χ0v) is 8.55. The van der Waals surface area contributed by atoms with Gasteiger partial charge in [0.2, 0.25) is 0 Å². The highest BCUT2D eigenvalue weighted by Gasteiger charge is 2.13. The molecule has 1 rings (SSSR count). The fourth-order valence-electron chi connectivity index (χ4n) is 0.999. The van der Waals surface area contributed by atoms with Crippen LogP contribution in [0.15, 0.2) is 30.3 Å². The Labute approximate surface area is 90.4 Å². The molecular weight excluding hydrogens is 194 g/mol. The molecule has 0 aliphatic rings. The molecule has 82 valence electrons. The minimum atomic E-state index is -0.846. The van der Waals surface area contributed by atoms with Crippen molar-refractivity contribution in [2.24, 2.45) is 5.73 Å². The van der Waals surface area contributed by atoms with Crippen LogP contribution < -0.4 is 5.73 Å². The number of ether oxygens (including phenoxy) is 2. The fourth-order valence-corrected chi connectivity index (χ4v) is 0.999. The first-order valence-electron chi connectivity index (χ1n) is 5.15. The Kier molecular flexibility index (Phi) is 4.16. The quantitative estimate of drug-likeness (QED) is 0.727. The van der Waals surface area contributed by atoms with Gasteiger partial charge in [-0.3, -0.25) is 4.79 Å². The predicted octanol–water partition coefficient (Wildman–Crippen LogP) is 0.703.